The number of nitrogens with one attached hydrogen (secondary N) is 1. The van der Waals surface area contributed by atoms with Gasteiger partial charge in [0.2, 0.25) is 11.8 Å². The zero-order chi connectivity index (χ0) is 33.4. The minimum atomic E-state index is -4.16. The summed E-state index contributed by atoms with van der Waals surface area (Å²) < 4.78 is 35.2. The normalized spacial score (nSPS) is 13.9. The summed E-state index contributed by atoms with van der Waals surface area (Å²) in [6, 6.07) is 29.8. The highest BCUT2D eigenvalue weighted by molar-refractivity contribution is 7.92. The second kappa shape index (κ2) is 15.3. The topological polar surface area (TPSA) is 96.0 Å². The van der Waals surface area contributed by atoms with Crippen molar-refractivity contribution in [2.24, 2.45) is 0 Å². The molecular weight excluding hydrogens is 611 g/mol. The molecule has 4 aromatic rings. The summed E-state index contributed by atoms with van der Waals surface area (Å²) in [4.78, 5) is 30.5. The first-order chi connectivity index (χ1) is 22.7. The predicted octanol–water partition coefficient (Wildman–Crippen LogP) is 6.21. The summed E-state index contributed by atoms with van der Waals surface area (Å²) in [5.74, 6) is -0.122. The number of methoxy groups -OCH3 is 1. The fourth-order valence-electron chi connectivity index (χ4n) is 6.08. The zero-order valence-corrected chi connectivity index (χ0v) is 28.1. The van der Waals surface area contributed by atoms with Crippen LogP contribution in [-0.4, -0.2) is 50.9 Å². The summed E-state index contributed by atoms with van der Waals surface area (Å²) in [5.41, 5.74) is 3.68. The molecule has 4 aromatic carbocycles. The Morgan fingerprint density at radius 2 is 1.51 bits per heavy atom. The van der Waals surface area contributed by atoms with E-state index in [1.54, 1.807) is 43.5 Å². The third kappa shape index (κ3) is 8.40. The molecule has 47 heavy (non-hydrogen) atoms. The Labute approximate surface area is 278 Å². The Hall–Kier alpha value is -4.63. The summed E-state index contributed by atoms with van der Waals surface area (Å²) >= 11 is 0. The van der Waals surface area contributed by atoms with Gasteiger partial charge >= 0.3 is 0 Å². The summed E-state index contributed by atoms with van der Waals surface area (Å²) in [5, 5.41) is 3.21. The van der Waals surface area contributed by atoms with Gasteiger partial charge in [0.25, 0.3) is 10.0 Å². The predicted molar refractivity (Wildman–Crippen MR) is 185 cm³/mol. The van der Waals surface area contributed by atoms with E-state index in [2.05, 4.69) is 5.32 Å². The fourth-order valence-corrected chi connectivity index (χ4v) is 7.56. The van der Waals surface area contributed by atoms with Gasteiger partial charge in [0, 0.05) is 19.0 Å². The summed E-state index contributed by atoms with van der Waals surface area (Å²) in [6.45, 7) is 3.29. The Bertz CT molecular complexity index is 1770. The van der Waals surface area contributed by atoms with Gasteiger partial charge in [-0.2, -0.15) is 0 Å². The number of anilines is 1. The van der Waals surface area contributed by atoms with Gasteiger partial charge in [0.1, 0.15) is 18.3 Å². The fraction of sp³-hybridized carbons (Fsp3) is 0.316. The maximum atomic E-state index is 14.7. The first-order valence-electron chi connectivity index (χ1n) is 16.1. The highest BCUT2D eigenvalue weighted by Crippen LogP contribution is 2.28. The smallest absolute Gasteiger partial charge is 0.264 e. The van der Waals surface area contributed by atoms with Crippen LogP contribution < -0.4 is 14.4 Å². The van der Waals surface area contributed by atoms with Crippen LogP contribution in [0.2, 0.25) is 0 Å². The third-order valence-corrected chi connectivity index (χ3v) is 10.5. The number of para-hydroxylation sites is 1. The van der Waals surface area contributed by atoms with Crippen LogP contribution in [0.3, 0.4) is 0 Å². The lowest BCUT2D eigenvalue weighted by atomic mass is 10.0. The Balaban J connectivity index is 1.58. The van der Waals surface area contributed by atoms with Crippen LogP contribution in [-0.2, 0) is 32.6 Å². The van der Waals surface area contributed by atoms with Gasteiger partial charge in [-0.3, -0.25) is 13.9 Å². The van der Waals surface area contributed by atoms with Crippen LogP contribution in [0.1, 0.15) is 47.9 Å². The molecule has 0 bridgehead atoms. The van der Waals surface area contributed by atoms with Crippen LogP contribution in [0.5, 0.6) is 5.75 Å². The minimum absolute atomic E-state index is 0.0416. The monoisotopic (exact) mass is 653 g/mol. The molecule has 2 amide bonds. The molecular formula is C38H43N3O5S. The molecule has 1 atom stereocenters. The van der Waals surface area contributed by atoms with Gasteiger partial charge in [-0.05, 0) is 73.7 Å². The molecule has 0 unspecified atom stereocenters. The van der Waals surface area contributed by atoms with Crippen molar-refractivity contribution >= 4 is 27.5 Å². The highest BCUT2D eigenvalue weighted by Gasteiger charge is 2.36. The molecule has 1 aliphatic rings. The van der Waals surface area contributed by atoms with E-state index in [4.69, 9.17) is 4.74 Å². The van der Waals surface area contributed by atoms with E-state index in [-0.39, 0.29) is 29.8 Å². The van der Waals surface area contributed by atoms with Crippen molar-refractivity contribution in [3.05, 3.63) is 125 Å². The number of nitrogens with zero attached hydrogens (tertiary/aromatic N) is 2. The SMILES string of the molecule is COc1cccc(CN(C(=O)CN(c2ccccc2C)S(=O)(=O)c2ccc(C)cc2)[C@@H](Cc2ccccc2)C(=O)NC2CCCC2)c1. The summed E-state index contributed by atoms with van der Waals surface area (Å²) in [6.07, 6.45) is 4.14. The van der Waals surface area contributed by atoms with Crippen molar-refractivity contribution in [3.8, 4) is 5.75 Å². The van der Waals surface area contributed by atoms with E-state index in [1.165, 1.54) is 9.21 Å². The van der Waals surface area contributed by atoms with Crippen molar-refractivity contribution in [1.29, 1.82) is 0 Å². The van der Waals surface area contributed by atoms with E-state index in [9.17, 15) is 18.0 Å². The lowest BCUT2D eigenvalue weighted by molar-refractivity contribution is -0.140. The first kappa shape index (κ1) is 33.7. The van der Waals surface area contributed by atoms with E-state index in [0.717, 1.165) is 42.4 Å². The molecule has 5 rings (SSSR count). The average Bonchev–Trinajstić information content (AvgIpc) is 3.59. The molecule has 9 heteroatoms. The number of aryl methyl sites for hydroxylation is 2. The zero-order valence-electron chi connectivity index (χ0n) is 27.3. The van der Waals surface area contributed by atoms with Gasteiger partial charge in [-0.25, -0.2) is 8.42 Å². The molecule has 0 spiro atoms. The van der Waals surface area contributed by atoms with Crippen LogP contribution >= 0.6 is 0 Å². The van der Waals surface area contributed by atoms with Gasteiger partial charge in [-0.1, -0.05) is 91.2 Å². The molecule has 1 aliphatic carbocycles. The molecule has 1 saturated carbocycles. The van der Waals surface area contributed by atoms with Crippen molar-refractivity contribution < 1.29 is 22.7 Å². The number of rotatable bonds is 13. The van der Waals surface area contributed by atoms with Crippen LogP contribution in [0.4, 0.5) is 5.69 Å². The lowest BCUT2D eigenvalue weighted by Crippen LogP contribution is -2.54. The van der Waals surface area contributed by atoms with Crippen LogP contribution in [0.25, 0.3) is 0 Å². The molecule has 8 nitrogen and oxygen atoms in total. The molecule has 0 aromatic heterocycles. The van der Waals surface area contributed by atoms with Crippen LogP contribution in [0.15, 0.2) is 108 Å². The van der Waals surface area contributed by atoms with Crippen molar-refractivity contribution in [2.75, 3.05) is 18.0 Å². The molecule has 1 fully saturated rings. The number of amides is 2. The quantitative estimate of drug-likeness (QED) is 0.185. The first-order valence-corrected chi connectivity index (χ1v) is 17.5. The van der Waals surface area contributed by atoms with Gasteiger partial charge in [0.05, 0.1) is 17.7 Å². The molecule has 0 saturated heterocycles. The van der Waals surface area contributed by atoms with Crippen molar-refractivity contribution in [1.82, 2.24) is 10.2 Å². The van der Waals surface area contributed by atoms with Crippen molar-refractivity contribution in [3.63, 3.8) is 0 Å². The number of ether oxygens (including phenoxy) is 1. The average molecular weight is 654 g/mol. The molecule has 246 valence electrons. The highest BCUT2D eigenvalue weighted by atomic mass is 32.2. The maximum Gasteiger partial charge on any atom is 0.264 e. The largest absolute Gasteiger partial charge is 0.497 e. The minimum Gasteiger partial charge on any atom is -0.497 e. The summed E-state index contributed by atoms with van der Waals surface area (Å²) in [7, 11) is -2.59. The standard InChI is InChI=1S/C38H43N3O5S/c1-28-20-22-34(23-21-28)47(44,45)41(35-19-10-7-12-29(35)2)27-37(42)40(26-31-15-11-18-33(24-31)46-3)36(25-30-13-5-4-6-14-30)38(43)39-32-16-8-9-17-32/h4-7,10-15,18-24,32,36H,8-9,16-17,25-27H2,1-3H3,(H,39,43)/t36-/m0/s1. The molecule has 0 heterocycles. The second-order valence-corrected chi connectivity index (χ2v) is 14.0. The molecule has 0 aliphatic heterocycles. The Morgan fingerprint density at radius 3 is 2.19 bits per heavy atom. The van der Waals surface area contributed by atoms with Gasteiger partial charge < -0.3 is 15.0 Å². The number of hydrogen-bond donors (Lipinski definition) is 1. The number of carbonyl (C=O) groups excluding carboxylic acids is 2. The third-order valence-electron chi connectivity index (χ3n) is 8.73. The Kier molecular flexibility index (Phi) is 11.0. The van der Waals surface area contributed by atoms with E-state index < -0.39 is 28.5 Å². The molecule has 1 N–H and O–H groups in total. The molecule has 0 radical (unpaired) electrons. The number of hydrogen-bond acceptors (Lipinski definition) is 5. The van der Waals surface area contributed by atoms with E-state index in [0.29, 0.717) is 17.0 Å². The van der Waals surface area contributed by atoms with Gasteiger partial charge in [-0.15, -0.1) is 0 Å². The van der Waals surface area contributed by atoms with Crippen molar-refractivity contribution in [2.45, 2.75) is 69.5 Å². The van der Waals surface area contributed by atoms with Crippen LogP contribution in [0, 0.1) is 13.8 Å². The lowest BCUT2D eigenvalue weighted by Gasteiger charge is -2.34. The number of benzene rings is 4. The Morgan fingerprint density at radius 1 is 0.851 bits per heavy atom. The number of carbonyl (C=O) groups is 2. The van der Waals surface area contributed by atoms with E-state index in [1.807, 2.05) is 80.6 Å². The second-order valence-electron chi connectivity index (χ2n) is 12.2. The number of sulfonamides is 1. The van der Waals surface area contributed by atoms with Gasteiger partial charge in [0.15, 0.2) is 0 Å². The maximum absolute atomic E-state index is 14.7. The van der Waals surface area contributed by atoms with E-state index >= 15 is 0 Å².